The molecule has 0 aliphatic carbocycles. The van der Waals surface area contributed by atoms with E-state index in [1.54, 1.807) is 24.3 Å². The van der Waals surface area contributed by atoms with E-state index in [2.05, 4.69) is 10.6 Å². The SMILES string of the molecule is O=C(O)NNN=Cc1ccc(Cl)cc1. The van der Waals surface area contributed by atoms with E-state index in [0.29, 0.717) is 5.02 Å². The Labute approximate surface area is 85.4 Å². The molecular weight excluding hydrogens is 206 g/mol. The summed E-state index contributed by atoms with van der Waals surface area (Å²) in [4.78, 5) is 9.99. The fourth-order valence-corrected chi connectivity index (χ4v) is 0.862. The van der Waals surface area contributed by atoms with Gasteiger partial charge in [-0.05, 0) is 17.7 Å². The topological polar surface area (TPSA) is 73.7 Å². The van der Waals surface area contributed by atoms with Gasteiger partial charge in [-0.25, -0.2) is 15.8 Å². The number of carbonyl (C=O) groups is 1. The summed E-state index contributed by atoms with van der Waals surface area (Å²) in [6.45, 7) is 0. The zero-order chi connectivity index (χ0) is 10.4. The minimum atomic E-state index is -1.20. The highest BCUT2D eigenvalue weighted by atomic mass is 35.5. The molecule has 0 heterocycles. The molecule has 0 fully saturated rings. The van der Waals surface area contributed by atoms with Crippen molar-refractivity contribution in [3.63, 3.8) is 0 Å². The molecule has 74 valence electrons. The quantitative estimate of drug-likeness (QED) is 0.526. The van der Waals surface area contributed by atoms with E-state index in [4.69, 9.17) is 16.7 Å². The zero-order valence-electron chi connectivity index (χ0n) is 7.07. The summed E-state index contributed by atoms with van der Waals surface area (Å²) in [5, 5.41) is 12.4. The summed E-state index contributed by atoms with van der Waals surface area (Å²) < 4.78 is 0. The molecule has 14 heavy (non-hydrogen) atoms. The van der Waals surface area contributed by atoms with Crippen LogP contribution in [0.3, 0.4) is 0 Å². The maximum atomic E-state index is 9.99. The summed E-state index contributed by atoms with van der Waals surface area (Å²) in [5.41, 5.74) is 4.82. The molecule has 0 saturated heterocycles. The van der Waals surface area contributed by atoms with Crippen molar-refractivity contribution in [3.05, 3.63) is 34.9 Å². The van der Waals surface area contributed by atoms with E-state index in [1.807, 2.05) is 5.43 Å². The summed E-state index contributed by atoms with van der Waals surface area (Å²) in [5.74, 6) is 0. The Morgan fingerprint density at radius 3 is 2.64 bits per heavy atom. The fourth-order valence-electron chi connectivity index (χ4n) is 0.736. The van der Waals surface area contributed by atoms with Crippen molar-refractivity contribution in [2.75, 3.05) is 0 Å². The molecule has 0 radical (unpaired) electrons. The van der Waals surface area contributed by atoms with Crippen molar-refractivity contribution in [3.8, 4) is 0 Å². The van der Waals surface area contributed by atoms with Gasteiger partial charge < -0.3 is 5.11 Å². The Balaban J connectivity index is 2.44. The molecule has 1 amide bonds. The molecule has 0 aliphatic rings. The van der Waals surface area contributed by atoms with E-state index >= 15 is 0 Å². The highest BCUT2D eigenvalue weighted by Crippen LogP contribution is 2.07. The molecule has 0 bridgehead atoms. The number of hydrogen-bond donors (Lipinski definition) is 3. The van der Waals surface area contributed by atoms with Gasteiger partial charge in [0, 0.05) is 5.02 Å². The summed E-state index contributed by atoms with van der Waals surface area (Å²) in [6.07, 6.45) is 0.268. The third-order valence-corrected chi connectivity index (χ3v) is 1.56. The molecule has 0 aromatic heterocycles. The second-order valence-electron chi connectivity index (χ2n) is 2.35. The normalized spacial score (nSPS) is 10.1. The van der Waals surface area contributed by atoms with Crippen LogP contribution in [0.5, 0.6) is 0 Å². The van der Waals surface area contributed by atoms with Crippen LogP contribution < -0.4 is 11.0 Å². The van der Waals surface area contributed by atoms with Gasteiger partial charge in [0.2, 0.25) is 0 Å². The molecule has 0 atom stereocenters. The average molecular weight is 214 g/mol. The van der Waals surface area contributed by atoms with Crippen LogP contribution in [0.25, 0.3) is 0 Å². The van der Waals surface area contributed by atoms with Gasteiger partial charge in [-0.15, -0.1) is 0 Å². The number of benzene rings is 1. The number of amides is 1. The Hall–Kier alpha value is -1.75. The van der Waals surface area contributed by atoms with E-state index < -0.39 is 6.09 Å². The van der Waals surface area contributed by atoms with Crippen molar-refractivity contribution in [2.45, 2.75) is 0 Å². The van der Waals surface area contributed by atoms with Crippen LogP contribution in [0.15, 0.2) is 29.4 Å². The van der Waals surface area contributed by atoms with Gasteiger partial charge in [-0.2, -0.15) is 5.10 Å². The molecule has 1 aromatic carbocycles. The van der Waals surface area contributed by atoms with E-state index in [-0.39, 0.29) is 0 Å². The molecule has 0 unspecified atom stereocenters. The maximum absolute atomic E-state index is 9.99. The Bertz CT molecular complexity index is 337. The first-order chi connectivity index (χ1) is 6.68. The monoisotopic (exact) mass is 213 g/mol. The second kappa shape index (κ2) is 5.08. The third-order valence-electron chi connectivity index (χ3n) is 1.31. The van der Waals surface area contributed by atoms with Crippen LogP contribution in [-0.2, 0) is 0 Å². The van der Waals surface area contributed by atoms with Crippen molar-refractivity contribution < 1.29 is 9.90 Å². The maximum Gasteiger partial charge on any atom is 0.424 e. The molecule has 0 aliphatic heterocycles. The first-order valence-electron chi connectivity index (χ1n) is 3.71. The predicted molar refractivity (Wildman–Crippen MR) is 53.3 cm³/mol. The molecule has 1 aromatic rings. The van der Waals surface area contributed by atoms with Gasteiger partial charge >= 0.3 is 6.09 Å². The predicted octanol–water partition coefficient (Wildman–Crippen LogP) is 1.45. The Morgan fingerprint density at radius 1 is 1.43 bits per heavy atom. The largest absolute Gasteiger partial charge is 0.464 e. The van der Waals surface area contributed by atoms with Gasteiger partial charge in [0.15, 0.2) is 0 Å². The van der Waals surface area contributed by atoms with Gasteiger partial charge in [-0.1, -0.05) is 23.7 Å². The minimum Gasteiger partial charge on any atom is -0.464 e. The average Bonchev–Trinajstić information content (AvgIpc) is 2.15. The number of hydrazine groups is 1. The molecule has 1 rings (SSSR count). The number of halogens is 1. The summed E-state index contributed by atoms with van der Waals surface area (Å²) >= 11 is 5.66. The van der Waals surface area contributed by atoms with Crippen LogP contribution in [0.4, 0.5) is 4.79 Å². The molecular formula is C8H8ClN3O2. The number of rotatable bonds is 3. The number of nitrogens with zero attached hydrogens (tertiary/aromatic N) is 1. The van der Waals surface area contributed by atoms with E-state index in [9.17, 15) is 4.79 Å². The lowest BCUT2D eigenvalue weighted by Gasteiger charge is -1.96. The Kier molecular flexibility index (Phi) is 3.75. The molecule has 5 nitrogen and oxygen atoms in total. The van der Waals surface area contributed by atoms with Crippen molar-refractivity contribution in [1.82, 2.24) is 11.0 Å². The van der Waals surface area contributed by atoms with Crippen LogP contribution in [0.2, 0.25) is 5.02 Å². The zero-order valence-corrected chi connectivity index (χ0v) is 7.82. The minimum absolute atomic E-state index is 0.638. The van der Waals surface area contributed by atoms with Gasteiger partial charge in [0.25, 0.3) is 0 Å². The van der Waals surface area contributed by atoms with Crippen molar-refractivity contribution in [2.24, 2.45) is 5.10 Å². The highest BCUT2D eigenvalue weighted by molar-refractivity contribution is 6.30. The highest BCUT2D eigenvalue weighted by Gasteiger charge is 1.89. The van der Waals surface area contributed by atoms with E-state index in [0.717, 1.165) is 5.56 Å². The first kappa shape index (κ1) is 10.3. The second-order valence-corrected chi connectivity index (χ2v) is 2.79. The van der Waals surface area contributed by atoms with Crippen molar-refractivity contribution >= 4 is 23.9 Å². The number of hydrazone groups is 1. The van der Waals surface area contributed by atoms with Gasteiger partial charge in [0.1, 0.15) is 0 Å². The lowest BCUT2D eigenvalue weighted by molar-refractivity contribution is 0.189. The molecule has 6 heteroatoms. The molecule has 0 spiro atoms. The van der Waals surface area contributed by atoms with Crippen LogP contribution >= 0.6 is 11.6 Å². The summed E-state index contributed by atoms with van der Waals surface area (Å²) in [6, 6.07) is 6.95. The summed E-state index contributed by atoms with van der Waals surface area (Å²) in [7, 11) is 0. The third kappa shape index (κ3) is 3.77. The number of hydrogen-bond acceptors (Lipinski definition) is 3. The van der Waals surface area contributed by atoms with Gasteiger partial charge in [-0.3, -0.25) is 0 Å². The molecule has 3 N–H and O–H groups in total. The molecule has 0 saturated carbocycles. The van der Waals surface area contributed by atoms with Crippen LogP contribution in [0, 0.1) is 0 Å². The number of nitrogens with one attached hydrogen (secondary N) is 2. The van der Waals surface area contributed by atoms with Crippen LogP contribution in [0.1, 0.15) is 5.56 Å². The first-order valence-corrected chi connectivity index (χ1v) is 4.09. The van der Waals surface area contributed by atoms with Crippen LogP contribution in [-0.4, -0.2) is 17.4 Å². The standard InChI is InChI=1S/C8H8ClN3O2/c9-7-3-1-6(2-4-7)5-10-12-11-8(13)14/h1-5,11-12H,(H,13,14). The van der Waals surface area contributed by atoms with Crippen molar-refractivity contribution in [1.29, 1.82) is 0 Å². The lowest BCUT2D eigenvalue weighted by atomic mass is 10.2. The Morgan fingerprint density at radius 2 is 2.07 bits per heavy atom. The van der Waals surface area contributed by atoms with E-state index in [1.165, 1.54) is 6.21 Å². The smallest absolute Gasteiger partial charge is 0.424 e. The fraction of sp³-hybridized carbons (Fsp3) is 0. The van der Waals surface area contributed by atoms with Gasteiger partial charge in [0.05, 0.1) is 6.21 Å². The number of carboxylic acid groups (broad SMARTS) is 1. The lowest BCUT2D eigenvalue weighted by Crippen LogP contribution is -2.32.